The summed E-state index contributed by atoms with van der Waals surface area (Å²) in [7, 11) is -3.86. The van der Waals surface area contributed by atoms with Gasteiger partial charge in [0.25, 0.3) is 11.8 Å². The number of furan rings is 1. The Morgan fingerprint density at radius 2 is 1.97 bits per heavy atom. The number of carbonyl (C=O) groups excluding carboxylic acids is 2. The van der Waals surface area contributed by atoms with Crippen LogP contribution in [0.2, 0.25) is 0 Å². The number of anilines is 2. The van der Waals surface area contributed by atoms with Gasteiger partial charge in [0.2, 0.25) is 10.0 Å². The minimum absolute atomic E-state index is 0.00767. The summed E-state index contributed by atoms with van der Waals surface area (Å²) in [4.78, 5) is 24.7. The molecule has 0 fully saturated rings. The maximum Gasteiger partial charge on any atom is 0.265 e. The average Bonchev–Trinajstić information content (AvgIpc) is 3.27. The van der Waals surface area contributed by atoms with E-state index in [-0.39, 0.29) is 22.9 Å². The summed E-state index contributed by atoms with van der Waals surface area (Å²) in [5.41, 5.74) is 1.69. The molecule has 0 spiro atoms. The van der Waals surface area contributed by atoms with Gasteiger partial charge in [-0.15, -0.1) is 0 Å². The van der Waals surface area contributed by atoms with Crippen molar-refractivity contribution < 1.29 is 27.2 Å². The van der Waals surface area contributed by atoms with Gasteiger partial charge in [-0.3, -0.25) is 9.59 Å². The van der Waals surface area contributed by atoms with E-state index in [1.54, 1.807) is 50.2 Å². The van der Waals surface area contributed by atoms with E-state index in [2.05, 4.69) is 15.4 Å². The van der Waals surface area contributed by atoms with E-state index < -0.39 is 22.0 Å². The zero-order valence-corrected chi connectivity index (χ0v) is 18.2. The van der Waals surface area contributed by atoms with Crippen LogP contribution in [0.4, 0.5) is 11.4 Å². The van der Waals surface area contributed by atoms with Gasteiger partial charge >= 0.3 is 0 Å². The molecule has 3 N–H and O–H groups in total. The largest absolute Gasteiger partial charge is 0.479 e. The molecule has 1 aromatic heterocycles. The van der Waals surface area contributed by atoms with E-state index in [1.807, 2.05) is 0 Å². The second-order valence-corrected chi connectivity index (χ2v) is 9.06. The predicted octanol–water partition coefficient (Wildman–Crippen LogP) is 3.04. The number of benzene rings is 2. The van der Waals surface area contributed by atoms with Crippen molar-refractivity contribution in [3.8, 4) is 5.75 Å². The second kappa shape index (κ2) is 8.48. The van der Waals surface area contributed by atoms with Crippen LogP contribution in [0.3, 0.4) is 0 Å². The van der Waals surface area contributed by atoms with Gasteiger partial charge in [-0.1, -0.05) is 6.07 Å². The van der Waals surface area contributed by atoms with Crippen LogP contribution in [0.1, 0.15) is 28.6 Å². The van der Waals surface area contributed by atoms with Crippen molar-refractivity contribution in [3.63, 3.8) is 0 Å². The molecule has 9 nitrogen and oxygen atoms in total. The van der Waals surface area contributed by atoms with Crippen LogP contribution < -0.4 is 20.1 Å². The fraction of sp³-hybridized carbons (Fsp3) is 0.182. The number of amides is 2. The molecule has 0 saturated heterocycles. The van der Waals surface area contributed by atoms with Crippen LogP contribution in [0.5, 0.6) is 5.75 Å². The molecule has 166 valence electrons. The first-order chi connectivity index (χ1) is 15.2. The lowest BCUT2D eigenvalue weighted by Gasteiger charge is -2.23. The van der Waals surface area contributed by atoms with Crippen molar-refractivity contribution >= 4 is 33.2 Å². The molecule has 1 aliphatic heterocycles. The third-order valence-corrected chi connectivity index (χ3v) is 6.35. The summed E-state index contributed by atoms with van der Waals surface area (Å²) in [5.74, 6) is 0.206. The van der Waals surface area contributed by atoms with Crippen molar-refractivity contribution in [1.29, 1.82) is 0 Å². The molecule has 0 aliphatic carbocycles. The number of rotatable bonds is 6. The Hall–Kier alpha value is -3.63. The number of sulfonamides is 1. The number of aryl methyl sites for hydroxylation is 1. The Morgan fingerprint density at radius 3 is 2.72 bits per heavy atom. The van der Waals surface area contributed by atoms with Gasteiger partial charge in [0, 0.05) is 11.3 Å². The summed E-state index contributed by atoms with van der Waals surface area (Å²) in [6, 6.07) is 12.5. The molecule has 3 aromatic rings. The van der Waals surface area contributed by atoms with Crippen LogP contribution in [0.25, 0.3) is 0 Å². The molecule has 1 aliphatic rings. The Balaban J connectivity index is 1.53. The van der Waals surface area contributed by atoms with Gasteiger partial charge in [-0.25, -0.2) is 13.1 Å². The summed E-state index contributed by atoms with van der Waals surface area (Å²) in [6.07, 6.45) is 0.855. The molecule has 0 bridgehead atoms. The van der Waals surface area contributed by atoms with Gasteiger partial charge < -0.3 is 19.8 Å². The predicted molar refractivity (Wildman–Crippen MR) is 117 cm³/mol. The molecule has 2 aromatic carbocycles. The molecule has 32 heavy (non-hydrogen) atoms. The molecular weight excluding hydrogens is 434 g/mol. The minimum atomic E-state index is -3.86. The van der Waals surface area contributed by atoms with Crippen molar-refractivity contribution in [1.82, 2.24) is 4.72 Å². The van der Waals surface area contributed by atoms with Crippen LogP contribution in [0, 0.1) is 6.92 Å². The zero-order valence-electron chi connectivity index (χ0n) is 17.3. The Kier molecular flexibility index (Phi) is 5.72. The standard InChI is InChI=1S/C22H21N3O6S/c1-13-5-7-17(32(28,29)23-12-16-4-3-9-30-16)11-18(13)22(27)24-15-6-8-20-19(10-15)25-21(26)14(2)31-20/h3-11,14,23H,12H2,1-2H3,(H,24,27)(H,25,26). The Bertz CT molecular complexity index is 1280. The first-order valence-electron chi connectivity index (χ1n) is 9.78. The van der Waals surface area contributed by atoms with Crippen LogP contribution in [-0.4, -0.2) is 26.3 Å². The second-order valence-electron chi connectivity index (χ2n) is 7.30. The average molecular weight is 455 g/mol. The number of ether oxygens (including phenoxy) is 1. The third-order valence-electron chi connectivity index (χ3n) is 4.95. The molecule has 1 atom stereocenters. The van der Waals surface area contributed by atoms with Gasteiger partial charge in [-0.05, 0) is 61.9 Å². The number of hydrogen-bond donors (Lipinski definition) is 3. The van der Waals surface area contributed by atoms with Crippen molar-refractivity contribution in [2.24, 2.45) is 0 Å². The van der Waals surface area contributed by atoms with Crippen molar-refractivity contribution in [3.05, 3.63) is 71.7 Å². The van der Waals surface area contributed by atoms with Crippen molar-refractivity contribution in [2.75, 3.05) is 10.6 Å². The summed E-state index contributed by atoms with van der Waals surface area (Å²) in [5, 5.41) is 5.45. The van der Waals surface area contributed by atoms with Gasteiger partial charge in [0.1, 0.15) is 11.5 Å². The van der Waals surface area contributed by atoms with Crippen molar-refractivity contribution in [2.45, 2.75) is 31.4 Å². The van der Waals surface area contributed by atoms with E-state index in [1.165, 1.54) is 18.4 Å². The van der Waals surface area contributed by atoms with Crippen LogP contribution in [0.15, 0.2) is 64.1 Å². The maximum atomic E-state index is 12.9. The lowest BCUT2D eigenvalue weighted by Crippen LogP contribution is -2.34. The molecule has 2 amide bonds. The number of hydrogen-bond acceptors (Lipinski definition) is 6. The SMILES string of the molecule is Cc1ccc(S(=O)(=O)NCc2ccco2)cc1C(=O)Nc1ccc2c(c1)NC(=O)C(C)O2. The van der Waals surface area contributed by atoms with E-state index in [0.29, 0.717) is 28.4 Å². The highest BCUT2D eigenvalue weighted by molar-refractivity contribution is 7.89. The number of fused-ring (bicyclic) bond motifs is 1. The molecule has 0 radical (unpaired) electrons. The summed E-state index contributed by atoms with van der Waals surface area (Å²) >= 11 is 0. The third kappa shape index (κ3) is 4.51. The van der Waals surface area contributed by atoms with E-state index in [4.69, 9.17) is 9.15 Å². The van der Waals surface area contributed by atoms with Crippen LogP contribution in [-0.2, 0) is 21.4 Å². The molecule has 4 rings (SSSR count). The first-order valence-corrected chi connectivity index (χ1v) is 11.3. The van der Waals surface area contributed by atoms with E-state index in [9.17, 15) is 18.0 Å². The number of carbonyl (C=O) groups is 2. The quantitative estimate of drug-likeness (QED) is 0.524. The topological polar surface area (TPSA) is 127 Å². The Morgan fingerprint density at radius 1 is 1.16 bits per heavy atom. The highest BCUT2D eigenvalue weighted by Gasteiger charge is 2.24. The minimum Gasteiger partial charge on any atom is -0.479 e. The molecule has 0 saturated carbocycles. The maximum absolute atomic E-state index is 12.9. The lowest BCUT2D eigenvalue weighted by atomic mass is 10.1. The van der Waals surface area contributed by atoms with Gasteiger partial charge in [0.15, 0.2) is 6.10 Å². The molecule has 2 heterocycles. The smallest absolute Gasteiger partial charge is 0.265 e. The van der Waals surface area contributed by atoms with Crippen LogP contribution >= 0.6 is 0 Å². The van der Waals surface area contributed by atoms with Gasteiger partial charge in [-0.2, -0.15) is 0 Å². The normalized spacial score (nSPS) is 15.4. The fourth-order valence-electron chi connectivity index (χ4n) is 3.16. The van der Waals surface area contributed by atoms with E-state index in [0.717, 1.165) is 0 Å². The molecular formula is C22H21N3O6S. The highest BCUT2D eigenvalue weighted by Crippen LogP contribution is 2.32. The summed E-state index contributed by atoms with van der Waals surface area (Å²) in [6.45, 7) is 3.34. The Labute approximate surface area is 184 Å². The molecule has 10 heteroatoms. The monoisotopic (exact) mass is 455 g/mol. The zero-order chi connectivity index (χ0) is 22.9. The molecule has 1 unspecified atom stereocenters. The number of nitrogens with one attached hydrogen (secondary N) is 3. The fourth-order valence-corrected chi connectivity index (χ4v) is 4.18. The first kappa shape index (κ1) is 21.6. The summed E-state index contributed by atoms with van der Waals surface area (Å²) < 4.78 is 38.4. The highest BCUT2D eigenvalue weighted by atomic mass is 32.2. The lowest BCUT2D eigenvalue weighted by molar-refractivity contribution is -0.122. The van der Waals surface area contributed by atoms with Gasteiger partial charge in [0.05, 0.1) is 23.4 Å². The van der Waals surface area contributed by atoms with E-state index >= 15 is 0 Å².